The van der Waals surface area contributed by atoms with Crippen molar-refractivity contribution in [3.05, 3.63) is 0 Å². The number of rotatable bonds is 30. The Kier molecular flexibility index (Phi) is 25.2. The Labute approximate surface area is 285 Å². The molecule has 0 aromatic heterocycles. The van der Waals surface area contributed by atoms with E-state index in [0.29, 0.717) is 39.6 Å². The van der Waals surface area contributed by atoms with E-state index >= 15 is 0 Å². The van der Waals surface area contributed by atoms with Gasteiger partial charge < -0.3 is 0 Å². The van der Waals surface area contributed by atoms with Gasteiger partial charge in [0.15, 0.2) is 0 Å². The summed E-state index contributed by atoms with van der Waals surface area (Å²) in [5.41, 5.74) is -1.45. The molecule has 0 saturated heterocycles. The topological polar surface area (TPSA) is 92.3 Å². The summed E-state index contributed by atoms with van der Waals surface area (Å²) in [5.74, 6) is 0. The predicted octanol–water partition coefficient (Wildman–Crippen LogP) is 9.24. The first-order chi connectivity index (χ1) is 21.2. The fraction of sp³-hybridized carbons (Fsp3) is 1.00. The van der Waals surface area contributed by atoms with Crippen LogP contribution in [-0.4, -0.2) is 68.9 Å². The maximum atomic E-state index is 7.08. The molecule has 0 aliphatic rings. The van der Waals surface area contributed by atoms with Gasteiger partial charge >= 0.3 is 286 Å². The van der Waals surface area contributed by atoms with Crippen LogP contribution in [0.3, 0.4) is 0 Å². The molecular formula is C32H72O10Si2Ti. The normalized spacial score (nSPS) is 13.6. The molecule has 0 N–H and O–H groups in total. The van der Waals surface area contributed by atoms with Gasteiger partial charge in [0.1, 0.15) is 0 Å². The molecule has 0 aromatic rings. The number of unbranched alkanes of at least 4 members (excludes halogenated alkanes) is 6. The Morgan fingerprint density at radius 1 is 0.378 bits per heavy atom. The van der Waals surface area contributed by atoms with Crippen molar-refractivity contribution < 1.29 is 57.3 Å². The van der Waals surface area contributed by atoms with Crippen molar-refractivity contribution in [2.75, 3.05) is 39.6 Å². The Balaban J connectivity index is 7.32. The van der Waals surface area contributed by atoms with Crippen LogP contribution in [0.1, 0.15) is 160 Å². The second-order valence-corrected chi connectivity index (χ2v) is 21.6. The Hall–Kier alpha value is 0.748. The molecule has 0 aliphatic carbocycles. The van der Waals surface area contributed by atoms with Crippen LogP contribution in [0, 0.1) is 0 Å². The van der Waals surface area contributed by atoms with E-state index in [-0.39, 0.29) is 0 Å². The molecule has 0 atom stereocenters. The van der Waals surface area contributed by atoms with Crippen LogP contribution in [0.5, 0.6) is 0 Å². The molecule has 0 aromatic carbocycles. The first-order valence-electron chi connectivity index (χ1n) is 17.8. The van der Waals surface area contributed by atoms with Crippen LogP contribution < -0.4 is 0 Å². The first kappa shape index (κ1) is 45.7. The first-order valence-corrected chi connectivity index (χ1v) is 23.6. The van der Waals surface area contributed by atoms with Crippen molar-refractivity contribution >= 4 is 18.1 Å². The molecular weight excluding hydrogens is 648 g/mol. The van der Waals surface area contributed by atoms with E-state index in [2.05, 4.69) is 41.5 Å². The Bertz CT molecular complexity index is 595. The molecule has 0 bridgehead atoms. The van der Waals surface area contributed by atoms with Crippen LogP contribution in [0.25, 0.3) is 0 Å². The maximum absolute atomic E-state index is 7.08. The van der Waals surface area contributed by atoms with Crippen LogP contribution in [-0.2, 0) is 57.3 Å². The molecule has 272 valence electrons. The summed E-state index contributed by atoms with van der Waals surface area (Å²) in [6.45, 7) is 27.0. The molecule has 10 nitrogen and oxygen atoms in total. The van der Waals surface area contributed by atoms with Gasteiger partial charge in [-0.1, -0.05) is 0 Å². The molecule has 0 saturated carbocycles. The van der Waals surface area contributed by atoms with Gasteiger partial charge in [-0.2, -0.15) is 0 Å². The van der Waals surface area contributed by atoms with E-state index < -0.39 is 47.4 Å². The van der Waals surface area contributed by atoms with Gasteiger partial charge in [-0.15, -0.1) is 0 Å². The van der Waals surface area contributed by atoms with Crippen LogP contribution >= 0.6 is 0 Å². The van der Waals surface area contributed by atoms with E-state index in [9.17, 15) is 0 Å². The van der Waals surface area contributed by atoms with Crippen molar-refractivity contribution in [3.63, 3.8) is 0 Å². The summed E-state index contributed by atoms with van der Waals surface area (Å²) in [6, 6.07) is 0. The zero-order chi connectivity index (χ0) is 34.3. The molecule has 0 amide bonds. The summed E-state index contributed by atoms with van der Waals surface area (Å²) in [4.78, 5) is 0. The van der Waals surface area contributed by atoms with E-state index in [1.165, 1.54) is 0 Å². The van der Waals surface area contributed by atoms with E-state index in [0.717, 1.165) is 77.0 Å². The van der Waals surface area contributed by atoms with Gasteiger partial charge in [0.2, 0.25) is 0 Å². The second kappa shape index (κ2) is 24.8. The van der Waals surface area contributed by atoms with Gasteiger partial charge in [-0.3, -0.25) is 0 Å². The molecule has 13 heteroatoms. The third-order valence-electron chi connectivity index (χ3n) is 6.02. The van der Waals surface area contributed by atoms with Crippen molar-refractivity contribution in [3.8, 4) is 0 Å². The zero-order valence-corrected chi connectivity index (χ0v) is 34.9. The third-order valence-corrected chi connectivity index (χ3v) is 17.7. The summed E-state index contributed by atoms with van der Waals surface area (Å²) in [6.07, 6.45) is 10.7. The molecule has 0 rings (SSSR count). The van der Waals surface area contributed by atoms with Crippen molar-refractivity contribution in [1.29, 1.82) is 0 Å². The SMILES string of the molecule is CCCCO[Si](OCCCC)(OCCCC)[O][Ti]([O]C(C)(C)C)([O]C(C)(C)C)[O][Si](OCCCC)(OCCCC)OCCCC. The Morgan fingerprint density at radius 2 is 0.578 bits per heavy atom. The number of hydrogen-bond acceptors (Lipinski definition) is 10. The third kappa shape index (κ3) is 22.2. The van der Waals surface area contributed by atoms with Crippen LogP contribution in [0.15, 0.2) is 0 Å². The summed E-state index contributed by atoms with van der Waals surface area (Å²) >= 11 is -5.07. The molecule has 45 heavy (non-hydrogen) atoms. The quantitative estimate of drug-likeness (QED) is 0.0528. The molecule has 0 heterocycles. The molecule has 0 unspecified atom stereocenters. The standard InChI is InChI=1S/2C12H27O4Si.2C4H9O.Ti/c2*1-4-7-10-14-17(13,15-11-8-5-2)16-12-9-6-3;2*1-4(2,3)5;/h2*4-12H2,1-3H3;2*1-3H3;/q4*-1;+4. The second-order valence-electron chi connectivity index (χ2n) is 13.3. The van der Waals surface area contributed by atoms with Crippen LogP contribution in [0.2, 0.25) is 0 Å². The van der Waals surface area contributed by atoms with Crippen LogP contribution in [0.4, 0.5) is 0 Å². The summed E-state index contributed by atoms with van der Waals surface area (Å²) < 4.78 is 67.1. The number of hydrogen-bond donors (Lipinski definition) is 0. The predicted molar refractivity (Wildman–Crippen MR) is 181 cm³/mol. The van der Waals surface area contributed by atoms with Crippen molar-refractivity contribution in [1.82, 2.24) is 0 Å². The average Bonchev–Trinajstić information content (AvgIpc) is 2.92. The molecule has 0 radical (unpaired) electrons. The Morgan fingerprint density at radius 3 is 0.733 bits per heavy atom. The fourth-order valence-corrected chi connectivity index (χ4v) is 16.1. The average molecular weight is 721 g/mol. The van der Waals surface area contributed by atoms with E-state index in [1.807, 2.05) is 41.5 Å². The summed E-state index contributed by atoms with van der Waals surface area (Å²) in [5, 5.41) is 0. The minimum atomic E-state index is -5.07. The minimum absolute atomic E-state index is 0.417. The van der Waals surface area contributed by atoms with Gasteiger partial charge in [0, 0.05) is 0 Å². The van der Waals surface area contributed by atoms with Crippen molar-refractivity contribution in [2.24, 2.45) is 0 Å². The molecule has 0 fully saturated rings. The fourth-order valence-electron chi connectivity index (χ4n) is 3.66. The molecule has 0 aliphatic heterocycles. The summed E-state index contributed by atoms with van der Waals surface area (Å²) in [7, 11) is -7.78. The van der Waals surface area contributed by atoms with Gasteiger partial charge in [-0.05, 0) is 0 Å². The van der Waals surface area contributed by atoms with E-state index in [4.69, 9.17) is 39.2 Å². The monoisotopic (exact) mass is 720 g/mol. The van der Waals surface area contributed by atoms with Gasteiger partial charge in [0.05, 0.1) is 0 Å². The van der Waals surface area contributed by atoms with E-state index in [1.54, 1.807) is 0 Å². The van der Waals surface area contributed by atoms with Gasteiger partial charge in [0.25, 0.3) is 0 Å². The van der Waals surface area contributed by atoms with Crippen molar-refractivity contribution in [2.45, 2.75) is 171 Å². The molecule has 0 spiro atoms. The zero-order valence-electron chi connectivity index (χ0n) is 31.3. The van der Waals surface area contributed by atoms with Gasteiger partial charge in [-0.25, -0.2) is 0 Å².